The van der Waals surface area contributed by atoms with Crippen LogP contribution < -0.4 is 9.47 Å². The van der Waals surface area contributed by atoms with Crippen LogP contribution in [0.1, 0.15) is 46.1 Å². The van der Waals surface area contributed by atoms with Crippen molar-refractivity contribution in [2.45, 2.75) is 38.7 Å². The Hall–Kier alpha value is -4.38. The Balaban J connectivity index is 1.27. The average Bonchev–Trinajstić information content (AvgIpc) is 3.52. The second-order valence-electron chi connectivity index (χ2n) is 9.56. The van der Waals surface area contributed by atoms with Gasteiger partial charge in [-0.3, -0.25) is 0 Å². The molecule has 204 valence electrons. The first-order valence-electron chi connectivity index (χ1n) is 12.5. The third kappa shape index (κ3) is 5.12. The molecule has 1 aliphatic rings. The maximum atomic E-state index is 13.1. The van der Waals surface area contributed by atoms with Gasteiger partial charge in [-0.05, 0) is 84.2 Å². The highest BCUT2D eigenvalue weighted by Crippen LogP contribution is 2.43. The second-order valence-corrected chi connectivity index (χ2v) is 10.4. The van der Waals surface area contributed by atoms with E-state index in [9.17, 15) is 23.1 Å². The highest BCUT2D eigenvalue weighted by atomic mass is 32.1. The molecule has 2 aromatic heterocycles. The van der Waals surface area contributed by atoms with Gasteiger partial charge in [-0.15, -0.1) is 13.2 Å². The van der Waals surface area contributed by atoms with Gasteiger partial charge in [-0.25, -0.2) is 9.48 Å². The molecule has 3 aromatic carbocycles. The molecule has 6 rings (SSSR count). The minimum Gasteiger partial charge on any atom is -0.487 e. The van der Waals surface area contributed by atoms with E-state index in [1.54, 1.807) is 18.3 Å². The second kappa shape index (κ2) is 9.98. The fraction of sp³-hybridized carbons (Fsp3) is 0.207. The number of halogens is 3. The lowest BCUT2D eigenvalue weighted by atomic mass is 9.99. The molecule has 0 spiro atoms. The van der Waals surface area contributed by atoms with Crippen LogP contribution in [-0.4, -0.2) is 31.6 Å². The van der Waals surface area contributed by atoms with Crippen LogP contribution in [0.4, 0.5) is 13.2 Å². The number of hydrogen-bond donors (Lipinski definition) is 1. The van der Waals surface area contributed by atoms with E-state index >= 15 is 0 Å². The zero-order valence-electron chi connectivity index (χ0n) is 21.1. The number of para-hydroxylation sites is 2. The molecule has 5 aromatic rings. The standard InChI is InChI=1S/C29H22F3N3O4S/c1-16-12-19(9-11-20(16)18-8-10-21-26(13-18)40-34-27(21)28(36)37)38-15-24-22(17-6-7-17)14-33-35(24)23-4-2-3-5-25(23)39-29(30,31)32/h2-5,8-14,17H,6-7,15H2,1H3,(H,36,37). The summed E-state index contributed by atoms with van der Waals surface area (Å²) in [5.74, 6) is -0.493. The van der Waals surface area contributed by atoms with Gasteiger partial charge in [0.15, 0.2) is 11.4 Å². The van der Waals surface area contributed by atoms with Crippen LogP contribution in [0.2, 0.25) is 0 Å². The van der Waals surface area contributed by atoms with Crippen molar-refractivity contribution in [1.82, 2.24) is 14.2 Å². The number of hydrogen-bond acceptors (Lipinski definition) is 6. The largest absolute Gasteiger partial charge is 0.573 e. The van der Waals surface area contributed by atoms with Gasteiger partial charge in [0.05, 0.1) is 16.6 Å². The maximum absolute atomic E-state index is 13.1. The number of ether oxygens (including phenoxy) is 2. The zero-order chi connectivity index (χ0) is 28.0. The molecule has 0 bridgehead atoms. The Morgan fingerprint density at radius 3 is 2.65 bits per heavy atom. The van der Waals surface area contributed by atoms with Crippen LogP contribution >= 0.6 is 11.5 Å². The molecule has 0 radical (unpaired) electrons. The molecule has 0 amide bonds. The number of aromatic nitrogens is 3. The van der Waals surface area contributed by atoms with E-state index < -0.39 is 12.3 Å². The summed E-state index contributed by atoms with van der Waals surface area (Å²) in [4.78, 5) is 11.4. The van der Waals surface area contributed by atoms with Gasteiger partial charge in [0.25, 0.3) is 0 Å². The van der Waals surface area contributed by atoms with E-state index in [2.05, 4.69) is 14.2 Å². The summed E-state index contributed by atoms with van der Waals surface area (Å²) >= 11 is 1.14. The molecule has 7 nitrogen and oxygen atoms in total. The molecule has 40 heavy (non-hydrogen) atoms. The number of aromatic carboxylic acids is 1. The van der Waals surface area contributed by atoms with Gasteiger partial charge < -0.3 is 14.6 Å². The van der Waals surface area contributed by atoms with Crippen LogP contribution in [0.3, 0.4) is 0 Å². The number of carbonyl (C=O) groups is 1. The minimum atomic E-state index is -4.83. The first-order valence-corrected chi connectivity index (χ1v) is 13.2. The summed E-state index contributed by atoms with van der Waals surface area (Å²) in [5.41, 5.74) is 4.68. The van der Waals surface area contributed by atoms with Crippen molar-refractivity contribution in [3.63, 3.8) is 0 Å². The Bertz CT molecular complexity index is 1740. The molecule has 1 aliphatic carbocycles. The molecule has 0 unspecified atom stereocenters. The third-order valence-electron chi connectivity index (χ3n) is 6.80. The van der Waals surface area contributed by atoms with Crippen molar-refractivity contribution in [3.05, 3.63) is 89.4 Å². The van der Waals surface area contributed by atoms with Crippen molar-refractivity contribution < 1.29 is 32.5 Å². The summed E-state index contributed by atoms with van der Waals surface area (Å²) in [6, 6.07) is 17.1. The fourth-order valence-electron chi connectivity index (χ4n) is 4.78. The number of nitrogens with zero attached hydrogens (tertiary/aromatic N) is 3. The van der Waals surface area contributed by atoms with Crippen molar-refractivity contribution in [3.8, 4) is 28.3 Å². The molecule has 0 aliphatic heterocycles. The number of carboxylic acid groups (broad SMARTS) is 1. The normalized spacial score (nSPS) is 13.5. The van der Waals surface area contributed by atoms with Crippen LogP contribution in [0.15, 0.2) is 66.9 Å². The SMILES string of the molecule is Cc1cc(OCc2c(C3CC3)cnn2-c2ccccc2OC(F)(F)F)ccc1-c1ccc2c(C(=O)O)nsc2c1. The van der Waals surface area contributed by atoms with Crippen LogP contribution in [0.5, 0.6) is 11.5 Å². The topological polar surface area (TPSA) is 86.5 Å². The quantitative estimate of drug-likeness (QED) is 0.210. The van der Waals surface area contributed by atoms with Gasteiger partial charge in [0, 0.05) is 10.9 Å². The van der Waals surface area contributed by atoms with Crippen LogP contribution in [0.25, 0.3) is 26.9 Å². The maximum Gasteiger partial charge on any atom is 0.573 e. The molecule has 1 saturated carbocycles. The Morgan fingerprint density at radius 1 is 1.12 bits per heavy atom. The van der Waals surface area contributed by atoms with Gasteiger partial charge >= 0.3 is 12.3 Å². The van der Waals surface area contributed by atoms with E-state index in [4.69, 9.17) is 4.74 Å². The number of fused-ring (bicyclic) bond motifs is 1. The number of benzene rings is 3. The molecule has 2 heterocycles. The van der Waals surface area contributed by atoms with Crippen molar-refractivity contribution in [1.29, 1.82) is 0 Å². The van der Waals surface area contributed by atoms with Crippen molar-refractivity contribution in [2.75, 3.05) is 0 Å². The van der Waals surface area contributed by atoms with Gasteiger partial charge in [0.1, 0.15) is 18.0 Å². The smallest absolute Gasteiger partial charge is 0.487 e. The molecule has 1 N–H and O–H groups in total. The molecular formula is C29H22F3N3O4S. The van der Waals surface area contributed by atoms with E-state index in [-0.39, 0.29) is 23.7 Å². The summed E-state index contributed by atoms with van der Waals surface area (Å²) in [5, 5.41) is 14.3. The summed E-state index contributed by atoms with van der Waals surface area (Å²) in [6.07, 6.45) is -1.15. The predicted octanol–water partition coefficient (Wildman–Crippen LogP) is 7.51. The Kier molecular flexibility index (Phi) is 6.46. The lowest BCUT2D eigenvalue weighted by molar-refractivity contribution is -0.274. The Labute approximate surface area is 230 Å². The number of alkyl halides is 3. The number of carboxylic acids is 1. The highest BCUT2D eigenvalue weighted by Gasteiger charge is 2.34. The van der Waals surface area contributed by atoms with Crippen LogP contribution in [-0.2, 0) is 6.61 Å². The van der Waals surface area contributed by atoms with Crippen molar-refractivity contribution in [2.24, 2.45) is 0 Å². The molecule has 11 heteroatoms. The van der Waals surface area contributed by atoms with E-state index in [1.165, 1.54) is 22.9 Å². The summed E-state index contributed by atoms with van der Waals surface area (Å²) in [7, 11) is 0. The fourth-order valence-corrected chi connectivity index (χ4v) is 5.59. The predicted molar refractivity (Wildman–Crippen MR) is 143 cm³/mol. The van der Waals surface area contributed by atoms with E-state index in [0.29, 0.717) is 22.7 Å². The Morgan fingerprint density at radius 2 is 1.93 bits per heavy atom. The molecule has 0 saturated heterocycles. The average molecular weight is 566 g/mol. The van der Waals surface area contributed by atoms with Crippen molar-refractivity contribution >= 4 is 27.6 Å². The monoisotopic (exact) mass is 565 g/mol. The summed E-state index contributed by atoms with van der Waals surface area (Å²) < 4.78 is 55.9. The molecular weight excluding hydrogens is 543 g/mol. The first kappa shape index (κ1) is 25.9. The van der Waals surface area contributed by atoms with E-state index in [1.807, 2.05) is 37.3 Å². The minimum absolute atomic E-state index is 0.0458. The van der Waals surface area contributed by atoms with Gasteiger partial charge in [0.2, 0.25) is 0 Å². The lowest BCUT2D eigenvalue weighted by Gasteiger charge is -2.16. The number of aryl methyl sites for hydroxylation is 1. The van der Waals surface area contributed by atoms with Gasteiger partial charge in [-0.1, -0.05) is 30.3 Å². The summed E-state index contributed by atoms with van der Waals surface area (Å²) in [6.45, 7) is 2.06. The zero-order valence-corrected chi connectivity index (χ0v) is 21.9. The molecule has 1 fully saturated rings. The highest BCUT2D eigenvalue weighted by molar-refractivity contribution is 7.13. The molecule has 0 atom stereocenters. The van der Waals surface area contributed by atoms with E-state index in [0.717, 1.165) is 51.3 Å². The first-order chi connectivity index (χ1) is 19.2. The lowest BCUT2D eigenvalue weighted by Crippen LogP contribution is -2.19. The third-order valence-corrected chi connectivity index (χ3v) is 7.60. The van der Waals surface area contributed by atoms with Gasteiger partial charge in [-0.2, -0.15) is 9.47 Å². The number of rotatable bonds is 8. The van der Waals surface area contributed by atoms with Crippen LogP contribution in [0, 0.1) is 6.92 Å².